The zero-order chi connectivity index (χ0) is 20.0. The van der Waals surface area contributed by atoms with Crippen LogP contribution in [0, 0.1) is 0 Å². The maximum absolute atomic E-state index is 13.3. The van der Waals surface area contributed by atoms with Gasteiger partial charge in [0.15, 0.2) is 0 Å². The standard InChI is InChI=1S/C20H23F3N2O2/c1-3-4-10-24-19(27)25(2)13-15-11-16(20(21,22)23)12-17(18(15)26)14-8-6-5-7-9-14/h5-9,11-12,26H,3-4,10,13H2,1-2H3,(H,24,27). The Hall–Kier alpha value is -2.70. The van der Waals surface area contributed by atoms with E-state index in [2.05, 4.69) is 5.32 Å². The van der Waals surface area contributed by atoms with Gasteiger partial charge in [0.2, 0.25) is 0 Å². The maximum Gasteiger partial charge on any atom is 0.416 e. The first-order chi connectivity index (χ1) is 12.7. The molecule has 0 unspecified atom stereocenters. The molecule has 0 saturated carbocycles. The van der Waals surface area contributed by atoms with Gasteiger partial charge < -0.3 is 15.3 Å². The average molecular weight is 380 g/mol. The smallest absolute Gasteiger partial charge is 0.416 e. The fraction of sp³-hybridized carbons (Fsp3) is 0.350. The Labute approximate surface area is 156 Å². The third kappa shape index (κ3) is 5.39. The van der Waals surface area contributed by atoms with Gasteiger partial charge in [0, 0.05) is 24.7 Å². The zero-order valence-electron chi connectivity index (χ0n) is 15.3. The van der Waals surface area contributed by atoms with E-state index in [4.69, 9.17) is 0 Å². The van der Waals surface area contributed by atoms with Crippen molar-refractivity contribution >= 4 is 6.03 Å². The number of alkyl halides is 3. The van der Waals surface area contributed by atoms with Gasteiger partial charge in [-0.25, -0.2) is 4.79 Å². The van der Waals surface area contributed by atoms with Crippen LogP contribution in [-0.2, 0) is 12.7 Å². The molecular weight excluding hydrogens is 357 g/mol. The molecule has 27 heavy (non-hydrogen) atoms. The van der Waals surface area contributed by atoms with Crippen LogP contribution in [0.3, 0.4) is 0 Å². The molecule has 2 aromatic rings. The van der Waals surface area contributed by atoms with Gasteiger partial charge in [-0.1, -0.05) is 43.7 Å². The molecule has 0 aromatic heterocycles. The van der Waals surface area contributed by atoms with Gasteiger partial charge in [0.1, 0.15) is 5.75 Å². The highest BCUT2D eigenvalue weighted by Crippen LogP contribution is 2.39. The molecule has 0 fully saturated rings. The molecule has 0 heterocycles. The van der Waals surface area contributed by atoms with Crippen LogP contribution in [0.15, 0.2) is 42.5 Å². The molecule has 7 heteroatoms. The number of nitrogens with zero attached hydrogens (tertiary/aromatic N) is 1. The minimum atomic E-state index is -4.56. The van der Waals surface area contributed by atoms with E-state index in [1.54, 1.807) is 30.3 Å². The molecule has 0 radical (unpaired) electrons. The van der Waals surface area contributed by atoms with Crippen molar-refractivity contribution in [3.63, 3.8) is 0 Å². The minimum Gasteiger partial charge on any atom is -0.507 e. The normalized spacial score (nSPS) is 11.3. The Morgan fingerprint density at radius 1 is 1.19 bits per heavy atom. The van der Waals surface area contributed by atoms with Gasteiger partial charge in [-0.15, -0.1) is 0 Å². The highest BCUT2D eigenvalue weighted by atomic mass is 19.4. The molecule has 0 aliphatic carbocycles. The number of hydrogen-bond acceptors (Lipinski definition) is 2. The van der Waals surface area contributed by atoms with Crippen LogP contribution in [0.1, 0.15) is 30.9 Å². The number of aromatic hydroxyl groups is 1. The lowest BCUT2D eigenvalue weighted by molar-refractivity contribution is -0.137. The molecule has 146 valence electrons. The molecule has 0 atom stereocenters. The molecule has 2 aromatic carbocycles. The van der Waals surface area contributed by atoms with Gasteiger partial charge in [-0.05, 0) is 24.1 Å². The molecule has 0 bridgehead atoms. The van der Waals surface area contributed by atoms with Crippen LogP contribution in [0.25, 0.3) is 11.1 Å². The summed E-state index contributed by atoms with van der Waals surface area (Å²) >= 11 is 0. The number of halogens is 3. The first kappa shape index (κ1) is 20.6. The second-order valence-electron chi connectivity index (χ2n) is 6.34. The van der Waals surface area contributed by atoms with E-state index in [1.165, 1.54) is 11.9 Å². The Balaban J connectivity index is 2.36. The van der Waals surface area contributed by atoms with Crippen molar-refractivity contribution in [3.8, 4) is 16.9 Å². The van der Waals surface area contributed by atoms with Crippen molar-refractivity contribution in [1.82, 2.24) is 10.2 Å². The molecular formula is C20H23F3N2O2. The van der Waals surface area contributed by atoms with Gasteiger partial charge in [-0.2, -0.15) is 13.2 Å². The number of phenols is 1. The Morgan fingerprint density at radius 2 is 1.85 bits per heavy atom. The van der Waals surface area contributed by atoms with Crippen LogP contribution in [0.5, 0.6) is 5.75 Å². The summed E-state index contributed by atoms with van der Waals surface area (Å²) in [6.45, 7) is 2.33. The zero-order valence-corrected chi connectivity index (χ0v) is 15.3. The number of urea groups is 1. The Kier molecular flexibility index (Phi) is 6.71. The summed E-state index contributed by atoms with van der Waals surface area (Å²) in [5.41, 5.74) is -0.275. The number of benzene rings is 2. The number of hydrogen-bond donors (Lipinski definition) is 2. The topological polar surface area (TPSA) is 52.6 Å². The van der Waals surface area contributed by atoms with Crippen molar-refractivity contribution in [2.45, 2.75) is 32.5 Å². The molecule has 4 nitrogen and oxygen atoms in total. The second-order valence-corrected chi connectivity index (χ2v) is 6.34. The van der Waals surface area contributed by atoms with E-state index in [9.17, 15) is 23.1 Å². The first-order valence-corrected chi connectivity index (χ1v) is 8.71. The Bertz CT molecular complexity index is 777. The van der Waals surface area contributed by atoms with Crippen molar-refractivity contribution < 1.29 is 23.1 Å². The molecule has 0 aliphatic rings. The van der Waals surface area contributed by atoms with Crippen molar-refractivity contribution in [2.24, 2.45) is 0 Å². The van der Waals surface area contributed by atoms with Crippen LogP contribution < -0.4 is 5.32 Å². The van der Waals surface area contributed by atoms with E-state index in [0.717, 1.165) is 25.0 Å². The largest absolute Gasteiger partial charge is 0.507 e. The Morgan fingerprint density at radius 3 is 2.44 bits per heavy atom. The SMILES string of the molecule is CCCCNC(=O)N(C)Cc1cc(C(F)(F)F)cc(-c2ccccc2)c1O. The lowest BCUT2D eigenvalue weighted by atomic mass is 9.97. The number of phenolic OH excluding ortho intramolecular Hbond substituents is 1. The van der Waals surface area contributed by atoms with E-state index >= 15 is 0 Å². The number of nitrogens with one attached hydrogen (secondary N) is 1. The van der Waals surface area contributed by atoms with Crippen LogP contribution >= 0.6 is 0 Å². The second kappa shape index (κ2) is 8.79. The summed E-state index contributed by atoms with van der Waals surface area (Å²) in [5.74, 6) is -0.262. The maximum atomic E-state index is 13.3. The predicted molar refractivity (Wildman–Crippen MR) is 98.3 cm³/mol. The van der Waals surface area contributed by atoms with Gasteiger partial charge in [0.25, 0.3) is 0 Å². The molecule has 2 amide bonds. The van der Waals surface area contributed by atoms with E-state index < -0.39 is 17.8 Å². The summed E-state index contributed by atoms with van der Waals surface area (Å²) in [5, 5.41) is 13.2. The summed E-state index contributed by atoms with van der Waals surface area (Å²) in [4.78, 5) is 13.3. The van der Waals surface area contributed by atoms with Crippen LogP contribution in [-0.4, -0.2) is 29.6 Å². The average Bonchev–Trinajstić information content (AvgIpc) is 2.63. The monoisotopic (exact) mass is 380 g/mol. The highest BCUT2D eigenvalue weighted by Gasteiger charge is 2.32. The van der Waals surface area contributed by atoms with Crippen LogP contribution in [0.4, 0.5) is 18.0 Å². The summed E-state index contributed by atoms with van der Waals surface area (Å²) in [6, 6.07) is 9.77. The minimum absolute atomic E-state index is 0.0387. The number of unbranched alkanes of at least 4 members (excludes halogenated alkanes) is 1. The van der Waals surface area contributed by atoms with E-state index in [0.29, 0.717) is 12.1 Å². The third-order valence-electron chi connectivity index (χ3n) is 4.16. The summed E-state index contributed by atoms with van der Waals surface area (Å²) in [7, 11) is 1.48. The van der Waals surface area contributed by atoms with E-state index in [1.807, 2.05) is 6.92 Å². The number of carbonyl (C=O) groups excluding carboxylic acids is 1. The van der Waals surface area contributed by atoms with Crippen molar-refractivity contribution in [3.05, 3.63) is 53.6 Å². The van der Waals surface area contributed by atoms with E-state index in [-0.39, 0.29) is 23.4 Å². The van der Waals surface area contributed by atoms with Gasteiger partial charge in [-0.3, -0.25) is 0 Å². The lowest BCUT2D eigenvalue weighted by Gasteiger charge is -2.21. The molecule has 2 rings (SSSR count). The van der Waals surface area contributed by atoms with Crippen molar-refractivity contribution in [1.29, 1.82) is 0 Å². The van der Waals surface area contributed by atoms with Crippen LogP contribution in [0.2, 0.25) is 0 Å². The number of carbonyl (C=O) groups is 1. The molecule has 0 spiro atoms. The molecule has 0 aliphatic heterocycles. The van der Waals surface area contributed by atoms with Gasteiger partial charge in [0.05, 0.1) is 12.1 Å². The predicted octanol–water partition coefficient (Wildman–Crippen LogP) is 5.02. The van der Waals surface area contributed by atoms with Gasteiger partial charge >= 0.3 is 12.2 Å². The highest BCUT2D eigenvalue weighted by molar-refractivity contribution is 5.75. The number of amides is 2. The first-order valence-electron chi connectivity index (χ1n) is 8.71. The summed E-state index contributed by atoms with van der Waals surface area (Å²) in [6.07, 6.45) is -2.83. The van der Waals surface area contributed by atoms with Crippen molar-refractivity contribution in [2.75, 3.05) is 13.6 Å². The lowest BCUT2D eigenvalue weighted by Crippen LogP contribution is -2.37. The fourth-order valence-corrected chi connectivity index (χ4v) is 2.65. The number of rotatable bonds is 6. The summed E-state index contributed by atoms with van der Waals surface area (Å²) < 4.78 is 40.0. The third-order valence-corrected chi connectivity index (χ3v) is 4.16. The fourth-order valence-electron chi connectivity index (χ4n) is 2.65. The molecule has 2 N–H and O–H groups in total. The quantitative estimate of drug-likeness (QED) is 0.692. The molecule has 0 saturated heterocycles.